The smallest absolute Gasteiger partial charge is 0.328 e. The average Bonchev–Trinajstić information content (AvgIpc) is 2.77. The van der Waals surface area contributed by atoms with Crippen LogP contribution in [0.4, 0.5) is 0 Å². The summed E-state index contributed by atoms with van der Waals surface area (Å²) in [5.41, 5.74) is -1.09. The number of hydrogen-bond donors (Lipinski definition) is 0. The third-order valence-electron chi connectivity index (χ3n) is 2.89. The number of likely N-dealkylation sites (tertiary alicyclic amines) is 1. The van der Waals surface area contributed by atoms with Gasteiger partial charge in [-0.25, -0.2) is 4.79 Å². The first-order valence-corrected chi connectivity index (χ1v) is 5.83. The minimum absolute atomic E-state index is 0.296. The summed E-state index contributed by atoms with van der Waals surface area (Å²) in [4.78, 5) is 25.3. The Morgan fingerprint density at radius 2 is 2.18 bits per heavy atom. The second kappa shape index (κ2) is 5.17. The highest BCUT2D eigenvalue weighted by molar-refractivity contribution is 5.89. The maximum atomic E-state index is 12.1. The fourth-order valence-corrected chi connectivity index (χ4v) is 1.90. The van der Waals surface area contributed by atoms with Gasteiger partial charge in [-0.1, -0.05) is 0 Å². The van der Waals surface area contributed by atoms with Crippen LogP contribution in [0.1, 0.15) is 33.6 Å². The third kappa shape index (κ3) is 2.76. The molecule has 0 aromatic carbocycles. The first-order chi connectivity index (χ1) is 7.94. The number of carbonyl (C=O) groups excluding carboxylic acids is 2. The number of amides is 1. The van der Waals surface area contributed by atoms with Gasteiger partial charge in [0.25, 0.3) is 0 Å². The van der Waals surface area contributed by atoms with E-state index in [4.69, 9.17) is 10.00 Å². The Kier molecular flexibility index (Phi) is 4.11. The molecule has 1 aliphatic rings. The quantitative estimate of drug-likeness (QED) is 0.690. The molecule has 5 heteroatoms. The zero-order valence-corrected chi connectivity index (χ0v) is 10.5. The van der Waals surface area contributed by atoms with Crippen LogP contribution in [0.15, 0.2) is 0 Å². The van der Waals surface area contributed by atoms with Gasteiger partial charge < -0.3 is 9.64 Å². The molecule has 1 saturated heterocycles. The number of rotatable bonds is 3. The summed E-state index contributed by atoms with van der Waals surface area (Å²) in [6.07, 6.45) is 1.39. The van der Waals surface area contributed by atoms with E-state index in [0.29, 0.717) is 19.6 Å². The lowest BCUT2D eigenvalue weighted by atomic mass is 9.93. The topological polar surface area (TPSA) is 70.4 Å². The summed E-state index contributed by atoms with van der Waals surface area (Å²) in [7, 11) is 0. The molecule has 1 unspecified atom stereocenters. The monoisotopic (exact) mass is 238 g/mol. The fraction of sp³-hybridized carbons (Fsp3) is 0.750. The highest BCUT2D eigenvalue weighted by Crippen LogP contribution is 2.25. The Balaban J connectivity index is 2.80. The van der Waals surface area contributed by atoms with Gasteiger partial charge in [0.2, 0.25) is 5.91 Å². The van der Waals surface area contributed by atoms with Gasteiger partial charge in [0.1, 0.15) is 11.5 Å². The highest BCUT2D eigenvalue weighted by Gasteiger charge is 2.41. The predicted molar refractivity (Wildman–Crippen MR) is 60.8 cm³/mol. The molecular weight excluding hydrogens is 220 g/mol. The van der Waals surface area contributed by atoms with E-state index in [2.05, 4.69) is 0 Å². The zero-order valence-electron chi connectivity index (χ0n) is 10.5. The van der Waals surface area contributed by atoms with Crippen molar-refractivity contribution in [2.24, 2.45) is 5.41 Å². The number of esters is 1. The van der Waals surface area contributed by atoms with Crippen molar-refractivity contribution >= 4 is 11.9 Å². The Bertz CT molecular complexity index is 357. The number of nitrogens with zero attached hydrogens (tertiary/aromatic N) is 2. The molecule has 1 rings (SSSR count). The number of carbonyl (C=O) groups is 2. The second-order valence-corrected chi connectivity index (χ2v) is 4.65. The Morgan fingerprint density at radius 3 is 2.71 bits per heavy atom. The molecule has 0 aliphatic carbocycles. The van der Waals surface area contributed by atoms with Crippen LogP contribution in [0.2, 0.25) is 0 Å². The van der Waals surface area contributed by atoms with E-state index in [1.54, 1.807) is 20.8 Å². The van der Waals surface area contributed by atoms with E-state index in [0.717, 1.165) is 6.42 Å². The highest BCUT2D eigenvalue weighted by atomic mass is 16.5. The van der Waals surface area contributed by atoms with Crippen molar-refractivity contribution in [1.29, 1.82) is 5.26 Å². The summed E-state index contributed by atoms with van der Waals surface area (Å²) in [6, 6.07) is 1.45. The SMILES string of the molecule is CCOC(=O)C1CCCN1C(=O)C(C)(C)C#N. The van der Waals surface area contributed by atoms with Crippen LogP contribution in [0.5, 0.6) is 0 Å². The molecule has 0 spiro atoms. The number of ether oxygens (including phenoxy) is 1. The van der Waals surface area contributed by atoms with Crippen molar-refractivity contribution in [3.63, 3.8) is 0 Å². The lowest BCUT2D eigenvalue weighted by Crippen LogP contribution is -2.46. The largest absolute Gasteiger partial charge is 0.464 e. The van der Waals surface area contributed by atoms with Crippen molar-refractivity contribution in [1.82, 2.24) is 4.90 Å². The van der Waals surface area contributed by atoms with Gasteiger partial charge in [0.15, 0.2) is 0 Å². The maximum Gasteiger partial charge on any atom is 0.328 e. The van der Waals surface area contributed by atoms with Gasteiger partial charge in [-0.2, -0.15) is 5.26 Å². The van der Waals surface area contributed by atoms with E-state index in [-0.39, 0.29) is 11.9 Å². The molecule has 1 heterocycles. The van der Waals surface area contributed by atoms with Crippen LogP contribution < -0.4 is 0 Å². The Hall–Kier alpha value is -1.57. The standard InChI is InChI=1S/C12H18N2O3/c1-4-17-10(15)9-6-5-7-14(9)11(16)12(2,3)8-13/h9H,4-7H2,1-3H3. The molecule has 1 atom stereocenters. The molecule has 1 amide bonds. The van der Waals surface area contributed by atoms with Crippen LogP contribution in [-0.4, -0.2) is 36.0 Å². The van der Waals surface area contributed by atoms with Crippen LogP contribution >= 0.6 is 0 Å². The van der Waals surface area contributed by atoms with Crippen LogP contribution in [-0.2, 0) is 14.3 Å². The lowest BCUT2D eigenvalue weighted by molar-refractivity contribution is -0.154. The van der Waals surface area contributed by atoms with Crippen molar-refractivity contribution < 1.29 is 14.3 Å². The van der Waals surface area contributed by atoms with Gasteiger partial charge in [0.05, 0.1) is 12.7 Å². The molecule has 0 aromatic heterocycles. The van der Waals surface area contributed by atoms with Gasteiger partial charge in [0, 0.05) is 6.54 Å². The van der Waals surface area contributed by atoms with Gasteiger partial charge in [-0.15, -0.1) is 0 Å². The number of nitriles is 1. The zero-order chi connectivity index (χ0) is 13.1. The molecule has 0 bridgehead atoms. The van der Waals surface area contributed by atoms with Crippen molar-refractivity contribution in [3.8, 4) is 6.07 Å². The molecule has 0 saturated carbocycles. The van der Waals surface area contributed by atoms with Crippen LogP contribution in [0, 0.1) is 16.7 Å². The fourth-order valence-electron chi connectivity index (χ4n) is 1.90. The summed E-state index contributed by atoms with van der Waals surface area (Å²) >= 11 is 0. The van der Waals surface area contributed by atoms with E-state index in [1.807, 2.05) is 6.07 Å². The number of hydrogen-bond acceptors (Lipinski definition) is 4. The molecule has 0 radical (unpaired) electrons. The van der Waals surface area contributed by atoms with Crippen LogP contribution in [0.25, 0.3) is 0 Å². The molecule has 1 fully saturated rings. The summed E-state index contributed by atoms with van der Waals surface area (Å²) in [5.74, 6) is -0.664. The molecule has 5 nitrogen and oxygen atoms in total. The Morgan fingerprint density at radius 1 is 1.53 bits per heavy atom. The first kappa shape index (κ1) is 13.5. The minimum atomic E-state index is -1.09. The summed E-state index contributed by atoms with van der Waals surface area (Å²) in [6.45, 7) is 5.69. The molecule has 0 aromatic rings. The van der Waals surface area contributed by atoms with Crippen molar-refractivity contribution in [3.05, 3.63) is 0 Å². The molecular formula is C12H18N2O3. The second-order valence-electron chi connectivity index (χ2n) is 4.65. The van der Waals surface area contributed by atoms with E-state index in [9.17, 15) is 9.59 Å². The lowest BCUT2D eigenvalue weighted by Gasteiger charge is -2.28. The molecule has 94 valence electrons. The average molecular weight is 238 g/mol. The Labute approximate surface area is 101 Å². The molecule has 17 heavy (non-hydrogen) atoms. The normalized spacial score (nSPS) is 19.9. The summed E-state index contributed by atoms with van der Waals surface area (Å²) in [5, 5.41) is 8.94. The van der Waals surface area contributed by atoms with Crippen LogP contribution in [0.3, 0.4) is 0 Å². The van der Waals surface area contributed by atoms with Crippen molar-refractivity contribution in [2.75, 3.05) is 13.2 Å². The van der Waals surface area contributed by atoms with Gasteiger partial charge >= 0.3 is 5.97 Å². The minimum Gasteiger partial charge on any atom is -0.464 e. The van der Waals surface area contributed by atoms with Crippen molar-refractivity contribution in [2.45, 2.75) is 39.7 Å². The van der Waals surface area contributed by atoms with E-state index < -0.39 is 11.5 Å². The van der Waals surface area contributed by atoms with Gasteiger partial charge in [-0.05, 0) is 33.6 Å². The predicted octanol–water partition coefficient (Wildman–Crippen LogP) is 1.09. The first-order valence-electron chi connectivity index (χ1n) is 5.83. The molecule has 0 N–H and O–H groups in total. The summed E-state index contributed by atoms with van der Waals surface area (Å²) < 4.78 is 4.94. The maximum absolute atomic E-state index is 12.1. The van der Waals surface area contributed by atoms with E-state index >= 15 is 0 Å². The third-order valence-corrected chi connectivity index (χ3v) is 2.89. The van der Waals surface area contributed by atoms with Gasteiger partial charge in [-0.3, -0.25) is 4.79 Å². The molecule has 1 aliphatic heterocycles. The van der Waals surface area contributed by atoms with E-state index in [1.165, 1.54) is 4.90 Å².